The Kier molecular flexibility index (Phi) is 3.46. The summed E-state index contributed by atoms with van der Waals surface area (Å²) in [5.74, 6) is 0.149. The first-order valence-electron chi connectivity index (χ1n) is 5.81. The number of aliphatic hydroxyl groups excluding tert-OH is 3. The van der Waals surface area contributed by atoms with Gasteiger partial charge in [-0.1, -0.05) is 0 Å². The summed E-state index contributed by atoms with van der Waals surface area (Å²) in [6.45, 7) is -0.232. The fourth-order valence-corrected chi connectivity index (χ4v) is 3.75. The predicted molar refractivity (Wildman–Crippen MR) is 74.3 cm³/mol. The van der Waals surface area contributed by atoms with Gasteiger partial charge in [-0.2, -0.15) is 9.97 Å². The normalized spacial score (nSPS) is 30.2. The van der Waals surface area contributed by atoms with Crippen LogP contribution in [0.5, 0.6) is 0 Å². The molecule has 0 radical (unpaired) electrons. The lowest BCUT2D eigenvalue weighted by Gasteiger charge is -2.17. The highest BCUT2D eigenvalue weighted by Gasteiger charge is 2.43. The predicted octanol–water partition coefficient (Wildman–Crippen LogP) is -0.610. The number of halogens is 1. The fourth-order valence-electron chi connectivity index (χ4n) is 2.21. The molecule has 0 aliphatic carbocycles. The maximum Gasteiger partial charge on any atom is 0.226 e. The quantitative estimate of drug-likeness (QED) is 0.540. The minimum Gasteiger partial charge on any atom is -0.395 e. The third-order valence-corrected chi connectivity index (χ3v) is 4.94. The third-order valence-electron chi connectivity index (χ3n) is 3.21. The monoisotopic (exact) mass is 317 g/mol. The molecule has 0 amide bonds. The molecule has 2 aromatic rings. The van der Waals surface area contributed by atoms with Crippen LogP contribution in [0.2, 0.25) is 5.28 Å². The van der Waals surface area contributed by atoms with Gasteiger partial charge in [0.15, 0.2) is 11.5 Å². The Hall–Kier alpha value is -1.13. The zero-order valence-corrected chi connectivity index (χ0v) is 11.7. The van der Waals surface area contributed by atoms with Crippen LogP contribution in [0.4, 0.5) is 5.82 Å². The Morgan fingerprint density at radius 1 is 1.35 bits per heavy atom. The molecular weight excluding hydrogens is 306 g/mol. The Morgan fingerprint density at radius 3 is 2.75 bits per heavy atom. The first-order chi connectivity index (χ1) is 9.52. The molecule has 5 N–H and O–H groups in total. The molecule has 1 saturated heterocycles. The number of thioether (sulfide) groups is 1. The topological polar surface area (TPSA) is 130 Å². The van der Waals surface area contributed by atoms with Gasteiger partial charge in [0.05, 0.1) is 24.3 Å². The van der Waals surface area contributed by atoms with Crippen LogP contribution in [0.1, 0.15) is 5.37 Å². The fraction of sp³-hybridized carbons (Fsp3) is 0.500. The van der Waals surface area contributed by atoms with E-state index in [4.69, 9.17) is 17.3 Å². The lowest BCUT2D eigenvalue weighted by atomic mass is 10.1. The van der Waals surface area contributed by atoms with Crippen LogP contribution in [0.15, 0.2) is 6.33 Å². The van der Waals surface area contributed by atoms with Crippen molar-refractivity contribution in [1.82, 2.24) is 19.5 Å². The number of hydrogen-bond acceptors (Lipinski definition) is 8. The molecule has 3 rings (SSSR count). The van der Waals surface area contributed by atoms with Crippen LogP contribution in [0, 0.1) is 0 Å². The van der Waals surface area contributed by atoms with Gasteiger partial charge in [-0.25, -0.2) is 4.98 Å². The van der Waals surface area contributed by atoms with Gasteiger partial charge < -0.3 is 21.1 Å². The number of nitrogens with two attached hydrogens (primary N) is 1. The largest absolute Gasteiger partial charge is 0.395 e. The SMILES string of the molecule is Nc1nc(Cl)nc2c1ncn2[C@H]1S[C@@H](CO)[C@@H](O)[C@@H]1O. The zero-order valence-electron chi connectivity index (χ0n) is 10.1. The lowest BCUT2D eigenvalue weighted by Crippen LogP contribution is -2.32. The Balaban J connectivity index is 2.07. The van der Waals surface area contributed by atoms with E-state index in [1.165, 1.54) is 18.1 Å². The molecule has 3 heterocycles. The molecule has 0 aromatic carbocycles. The lowest BCUT2D eigenvalue weighted by molar-refractivity contribution is 0.0113. The van der Waals surface area contributed by atoms with E-state index in [0.717, 1.165) is 0 Å². The maximum atomic E-state index is 10.1. The number of fused-ring (bicyclic) bond motifs is 1. The summed E-state index contributed by atoms with van der Waals surface area (Å²) in [7, 11) is 0. The summed E-state index contributed by atoms with van der Waals surface area (Å²) >= 11 is 7.02. The smallest absolute Gasteiger partial charge is 0.226 e. The summed E-state index contributed by atoms with van der Waals surface area (Å²) in [5, 5.41) is 28.1. The molecule has 10 heteroatoms. The van der Waals surface area contributed by atoms with Gasteiger partial charge in [0.2, 0.25) is 5.28 Å². The second kappa shape index (κ2) is 5.01. The summed E-state index contributed by atoms with van der Waals surface area (Å²) in [6, 6.07) is 0. The number of rotatable bonds is 2. The van der Waals surface area contributed by atoms with E-state index in [2.05, 4.69) is 15.0 Å². The molecule has 20 heavy (non-hydrogen) atoms. The summed E-state index contributed by atoms with van der Waals surface area (Å²) in [4.78, 5) is 12.0. The Labute approximate surface area is 122 Å². The number of imidazole rings is 1. The molecule has 108 valence electrons. The van der Waals surface area contributed by atoms with Crippen LogP contribution < -0.4 is 5.73 Å². The number of nitrogen functional groups attached to an aromatic ring is 1. The molecule has 1 aliphatic heterocycles. The van der Waals surface area contributed by atoms with Crippen molar-refractivity contribution in [3.05, 3.63) is 11.6 Å². The van der Waals surface area contributed by atoms with Gasteiger partial charge in [0.25, 0.3) is 0 Å². The highest BCUT2D eigenvalue weighted by molar-refractivity contribution is 8.00. The van der Waals surface area contributed by atoms with Crippen LogP contribution in [0.3, 0.4) is 0 Å². The average Bonchev–Trinajstić information content (AvgIpc) is 2.93. The van der Waals surface area contributed by atoms with Crippen LogP contribution in [-0.2, 0) is 0 Å². The molecule has 0 spiro atoms. The van der Waals surface area contributed by atoms with E-state index in [9.17, 15) is 15.3 Å². The molecule has 0 unspecified atom stereocenters. The van der Waals surface area contributed by atoms with Crippen molar-refractivity contribution in [2.24, 2.45) is 0 Å². The number of nitrogens with zero attached hydrogens (tertiary/aromatic N) is 4. The molecule has 4 atom stereocenters. The summed E-state index contributed by atoms with van der Waals surface area (Å²) < 4.78 is 1.58. The van der Waals surface area contributed by atoms with Crippen molar-refractivity contribution in [2.75, 3.05) is 12.3 Å². The minimum atomic E-state index is -1.05. The van der Waals surface area contributed by atoms with Crippen LogP contribution in [-0.4, -0.2) is 58.9 Å². The van der Waals surface area contributed by atoms with Crippen molar-refractivity contribution < 1.29 is 15.3 Å². The second-order valence-corrected chi connectivity index (χ2v) is 6.13. The highest BCUT2D eigenvalue weighted by Crippen LogP contribution is 2.42. The third kappa shape index (κ3) is 2.02. The van der Waals surface area contributed by atoms with Crippen LogP contribution in [0.25, 0.3) is 11.2 Å². The minimum absolute atomic E-state index is 0.0199. The number of aromatic nitrogens is 4. The first-order valence-corrected chi connectivity index (χ1v) is 7.13. The van der Waals surface area contributed by atoms with E-state index < -0.39 is 22.8 Å². The molecular formula is C10H12ClN5O3S. The Morgan fingerprint density at radius 2 is 2.10 bits per heavy atom. The van der Waals surface area contributed by atoms with Crippen molar-refractivity contribution in [3.8, 4) is 0 Å². The van der Waals surface area contributed by atoms with E-state index in [1.807, 2.05) is 0 Å². The molecule has 1 fully saturated rings. The van der Waals surface area contributed by atoms with E-state index in [-0.39, 0.29) is 17.7 Å². The summed E-state index contributed by atoms with van der Waals surface area (Å²) in [5.41, 5.74) is 6.47. The molecule has 8 nitrogen and oxygen atoms in total. The second-order valence-electron chi connectivity index (χ2n) is 4.43. The Bertz CT molecular complexity index is 653. The van der Waals surface area contributed by atoms with Crippen molar-refractivity contribution in [2.45, 2.75) is 22.8 Å². The first kappa shape index (κ1) is 13.8. The van der Waals surface area contributed by atoms with Gasteiger partial charge >= 0.3 is 0 Å². The standard InChI is InChI=1S/C10H12ClN5O3S/c11-10-14-7(12)4-8(15-10)16(2-13-4)9-6(19)5(18)3(1-17)20-9/h2-3,5-6,9,17-19H,1H2,(H2,12,14,15)/t3-,5+,6-,9-/m0/s1. The van der Waals surface area contributed by atoms with Gasteiger partial charge in [0, 0.05) is 0 Å². The molecule has 1 aliphatic rings. The molecule has 2 aromatic heterocycles. The average molecular weight is 318 g/mol. The highest BCUT2D eigenvalue weighted by atomic mass is 35.5. The van der Waals surface area contributed by atoms with E-state index in [0.29, 0.717) is 11.2 Å². The molecule has 0 saturated carbocycles. The number of hydrogen-bond donors (Lipinski definition) is 4. The number of anilines is 1. The van der Waals surface area contributed by atoms with Gasteiger partial charge in [-0.3, -0.25) is 4.57 Å². The van der Waals surface area contributed by atoms with Crippen molar-refractivity contribution in [3.63, 3.8) is 0 Å². The van der Waals surface area contributed by atoms with Crippen LogP contribution >= 0.6 is 23.4 Å². The van der Waals surface area contributed by atoms with Gasteiger partial charge in [-0.15, -0.1) is 11.8 Å². The number of aliphatic hydroxyl groups is 3. The van der Waals surface area contributed by atoms with Gasteiger partial charge in [-0.05, 0) is 11.6 Å². The maximum absolute atomic E-state index is 10.1. The van der Waals surface area contributed by atoms with E-state index >= 15 is 0 Å². The van der Waals surface area contributed by atoms with E-state index in [1.54, 1.807) is 4.57 Å². The van der Waals surface area contributed by atoms with Gasteiger partial charge in [0.1, 0.15) is 17.0 Å². The molecule has 0 bridgehead atoms. The van der Waals surface area contributed by atoms with Crippen molar-refractivity contribution >= 4 is 40.3 Å². The summed E-state index contributed by atoms with van der Waals surface area (Å²) in [6.07, 6.45) is -0.619. The van der Waals surface area contributed by atoms with Crippen molar-refractivity contribution in [1.29, 1.82) is 0 Å². The zero-order chi connectivity index (χ0) is 14.4.